The van der Waals surface area contributed by atoms with Gasteiger partial charge in [0.2, 0.25) is 0 Å². The van der Waals surface area contributed by atoms with Crippen molar-refractivity contribution in [2.75, 3.05) is 0 Å². The summed E-state index contributed by atoms with van der Waals surface area (Å²) in [7, 11) is 0. The fraction of sp³-hybridized carbons (Fsp3) is 0. The second-order valence-electron chi connectivity index (χ2n) is 13.1. The van der Waals surface area contributed by atoms with Gasteiger partial charge in [-0.25, -0.2) is 0 Å². The van der Waals surface area contributed by atoms with E-state index in [2.05, 4.69) is 0 Å². The first-order valence-corrected chi connectivity index (χ1v) is 17.5. The van der Waals surface area contributed by atoms with Gasteiger partial charge in [-0.3, -0.25) is 0 Å². The summed E-state index contributed by atoms with van der Waals surface area (Å²) in [6, 6.07) is -31.7. The van der Waals surface area contributed by atoms with Crippen molar-refractivity contribution in [2.24, 2.45) is 0 Å². The minimum absolute atomic E-state index is 0.506. The average molecular weight is 786 g/mol. The highest BCUT2D eigenvalue weighted by Gasteiger charge is 2.41. The van der Waals surface area contributed by atoms with E-state index in [0.717, 1.165) is 0 Å². The van der Waals surface area contributed by atoms with E-state index < -0.39 is 323 Å². The molecule has 2 aliphatic rings. The molecular formula is C54H33BN2O2. The Morgan fingerprint density at radius 2 is 0.949 bits per heavy atom. The third-order valence-corrected chi connectivity index (χ3v) is 9.97. The number of fused-ring (bicyclic) bond motifs is 10. The number of aromatic nitrogens is 2. The molecule has 0 unspecified atom stereocenters. The lowest BCUT2D eigenvalue weighted by Gasteiger charge is -2.33. The molecule has 2 aliphatic heterocycles. The van der Waals surface area contributed by atoms with E-state index in [1.807, 2.05) is 0 Å². The molecule has 4 heterocycles. The Hall–Kier alpha value is -7.76. The molecule has 13 rings (SSSR count). The number of benzene rings is 9. The summed E-state index contributed by atoms with van der Waals surface area (Å²) in [4.78, 5) is 0. The molecule has 5 heteroatoms. The van der Waals surface area contributed by atoms with Gasteiger partial charge >= 0.3 is 6.92 Å². The van der Waals surface area contributed by atoms with Gasteiger partial charge < -0.3 is 18.5 Å². The van der Waals surface area contributed by atoms with Crippen LogP contribution in [0.25, 0.3) is 88.4 Å². The molecule has 0 N–H and O–H groups in total. The van der Waals surface area contributed by atoms with Crippen LogP contribution in [0.1, 0.15) is 45.2 Å². The predicted molar refractivity (Wildman–Crippen MR) is 244 cm³/mol. The van der Waals surface area contributed by atoms with Crippen LogP contribution in [0.2, 0.25) is 0 Å². The molecule has 274 valence electrons. The van der Waals surface area contributed by atoms with Gasteiger partial charge in [0.15, 0.2) is 0 Å². The lowest BCUT2D eigenvalue weighted by atomic mass is 9.50. The largest absolute Gasteiger partial charge is 0.551 e. The van der Waals surface area contributed by atoms with Gasteiger partial charge in [-0.05, 0) is 88.7 Å². The van der Waals surface area contributed by atoms with Crippen LogP contribution in [0.4, 0.5) is 0 Å². The molecule has 0 fully saturated rings. The fourth-order valence-corrected chi connectivity index (χ4v) is 7.52. The molecule has 0 amide bonds. The third kappa shape index (κ3) is 4.73. The van der Waals surface area contributed by atoms with Crippen molar-refractivity contribution < 1.29 is 54.6 Å². The predicted octanol–water partition coefficient (Wildman–Crippen LogP) is 12.5. The molecule has 11 aromatic rings. The monoisotopic (exact) mass is 785 g/mol. The average Bonchev–Trinajstić information content (AvgIpc) is 1.04. The second-order valence-corrected chi connectivity index (χ2v) is 13.1. The van der Waals surface area contributed by atoms with Gasteiger partial charge in [-0.1, -0.05) is 133 Å². The summed E-state index contributed by atoms with van der Waals surface area (Å²) < 4.78 is 316. The Kier molecular flexibility index (Phi) is 2.93. The Morgan fingerprint density at radius 1 is 0.390 bits per heavy atom. The van der Waals surface area contributed by atoms with Gasteiger partial charge in [-0.2, -0.15) is 0 Å². The van der Waals surface area contributed by atoms with Crippen LogP contribution in [0.5, 0.6) is 17.2 Å². The highest BCUT2D eigenvalue weighted by atomic mass is 16.5. The molecule has 2 aromatic heterocycles. The van der Waals surface area contributed by atoms with Gasteiger partial charge in [-0.15, -0.1) is 0 Å². The van der Waals surface area contributed by atoms with Crippen molar-refractivity contribution >= 4 is 61.5 Å². The minimum atomic E-state index is -2.05. The molecule has 0 saturated carbocycles. The van der Waals surface area contributed by atoms with E-state index in [-0.39, 0.29) is 0 Å². The molecular weight excluding hydrogens is 719 g/mol. The summed E-state index contributed by atoms with van der Waals surface area (Å²) >= 11 is 0. The van der Waals surface area contributed by atoms with Crippen molar-refractivity contribution in [3.63, 3.8) is 0 Å². The number of nitrogens with zero attached hydrogens (tertiary/aromatic N) is 2. The molecule has 0 bridgehead atoms. The fourth-order valence-electron chi connectivity index (χ4n) is 7.52. The van der Waals surface area contributed by atoms with Crippen LogP contribution in [0.15, 0.2) is 199 Å². The SMILES string of the molecule is [2H]c1c([2H])c([2H])c2c(c1[2H])OB1c3c([2H])c([2H])c(-c4c([2H])c([2H])c([2H])c(-n5c6c([2H])c([2H])c([2H])c([2H])c6c6c([2H])c([2H])c([2H])c([2H])c65)c4[2H])c([2H])c3Oc3c([2H])c(-c4c([2H])c([2H])c([2H])c([2H])c4-n4c5c([2H])c([2H])c([2H])c([2H])c5c5c([2H])c([2H])c([2H])c([2H])c54)c([2H])c-2c31. The van der Waals surface area contributed by atoms with Gasteiger partial charge in [0.05, 0.1) is 73.0 Å². The van der Waals surface area contributed by atoms with Crippen molar-refractivity contribution in [3.8, 4) is 62.0 Å². The van der Waals surface area contributed by atoms with Crippen LogP contribution in [0, 0.1) is 0 Å². The zero-order chi connectivity index (χ0) is 67.3. The summed E-state index contributed by atoms with van der Waals surface area (Å²) in [5, 5.41) is -2.13. The van der Waals surface area contributed by atoms with Crippen LogP contribution >= 0.6 is 0 Å². The zero-order valence-corrected chi connectivity index (χ0v) is 29.3. The maximum Gasteiger partial charge on any atom is 0.434 e. The quantitative estimate of drug-likeness (QED) is 0.166. The van der Waals surface area contributed by atoms with Crippen molar-refractivity contribution in [1.82, 2.24) is 9.13 Å². The highest BCUT2D eigenvalue weighted by Crippen LogP contribution is 2.44. The Bertz CT molecular complexity index is 5310. The molecule has 0 aliphatic carbocycles. The number of hydrogen-bond donors (Lipinski definition) is 0. The van der Waals surface area contributed by atoms with E-state index in [0.29, 0.717) is 9.13 Å². The lowest BCUT2D eigenvalue weighted by Crippen LogP contribution is -2.53. The summed E-state index contributed by atoms with van der Waals surface area (Å²) in [6.45, 7) is -2.05. The standard InChI is InChI=1S/C54H33BN2O2/c1-7-22-46(57-49-25-10-4-19-41(49)42-20-5-11-26-50(42)57)38(16-1)36-31-44-43-21-6-12-27-51(43)59-55-45-29-28-35(32-52(45)58-53(33-36)54(44)55)34-14-13-15-37(30-34)56-47-23-8-2-17-39(47)40-18-3-9-24-48(40)56/h1-33H/i1D,2D,3D,4D,5D,6D,7D,8D,9D,10D,11D,12D,13D,14D,15D,16D,17D,18D,19D,20D,21D,22D,23D,24D,25D,26D,27D,28D,29D,30D,31D,32D,33D. The van der Waals surface area contributed by atoms with Crippen molar-refractivity contribution in [2.45, 2.75) is 0 Å². The van der Waals surface area contributed by atoms with E-state index in [1.165, 1.54) is 0 Å². The molecule has 0 saturated heterocycles. The third-order valence-electron chi connectivity index (χ3n) is 9.97. The van der Waals surface area contributed by atoms with E-state index in [4.69, 9.17) is 35.4 Å². The lowest BCUT2D eigenvalue weighted by molar-refractivity contribution is 0.480. The van der Waals surface area contributed by atoms with Gasteiger partial charge in [0.1, 0.15) is 17.2 Å². The first kappa shape index (κ1) is 14.0. The maximum absolute atomic E-state index is 10.2. The summed E-state index contributed by atoms with van der Waals surface area (Å²) in [5.74, 6) is -2.50. The molecule has 0 radical (unpaired) electrons. The van der Waals surface area contributed by atoms with Crippen molar-refractivity contribution in [1.29, 1.82) is 0 Å². The summed E-state index contributed by atoms with van der Waals surface area (Å²) in [5.41, 5.74) is -10.5. The molecule has 0 atom stereocenters. The second kappa shape index (κ2) is 12.4. The van der Waals surface area contributed by atoms with E-state index in [9.17, 15) is 19.2 Å². The first-order valence-electron chi connectivity index (χ1n) is 34.0. The summed E-state index contributed by atoms with van der Waals surface area (Å²) in [6.07, 6.45) is 0. The first-order chi connectivity index (χ1) is 43.0. The number of hydrogen-bond acceptors (Lipinski definition) is 2. The van der Waals surface area contributed by atoms with Crippen molar-refractivity contribution in [3.05, 3.63) is 199 Å². The minimum Gasteiger partial charge on any atom is -0.551 e. The topological polar surface area (TPSA) is 28.3 Å². The number of para-hydroxylation sites is 6. The highest BCUT2D eigenvalue weighted by molar-refractivity contribution is 6.84. The van der Waals surface area contributed by atoms with Gasteiger partial charge in [0.25, 0.3) is 0 Å². The Balaban J connectivity index is 1.17. The Morgan fingerprint density at radius 3 is 1.64 bits per heavy atom. The Labute approximate surface area is 387 Å². The van der Waals surface area contributed by atoms with Crippen LogP contribution in [-0.4, -0.2) is 16.0 Å². The van der Waals surface area contributed by atoms with Crippen LogP contribution < -0.4 is 20.3 Å². The van der Waals surface area contributed by atoms with E-state index in [1.54, 1.807) is 0 Å². The van der Waals surface area contributed by atoms with Crippen LogP contribution in [-0.2, 0) is 0 Å². The molecule has 9 aromatic carbocycles. The molecule has 0 spiro atoms. The smallest absolute Gasteiger partial charge is 0.434 e. The number of rotatable bonds is 4. The van der Waals surface area contributed by atoms with E-state index >= 15 is 0 Å². The zero-order valence-electron chi connectivity index (χ0n) is 62.3. The maximum atomic E-state index is 10.2. The molecule has 59 heavy (non-hydrogen) atoms. The van der Waals surface area contributed by atoms with Gasteiger partial charge in [0, 0.05) is 49.3 Å². The normalized spacial score (nSPS) is 20.5. The number of ether oxygens (including phenoxy) is 1. The molecule has 4 nitrogen and oxygen atoms in total. The van der Waals surface area contributed by atoms with Crippen LogP contribution in [0.3, 0.4) is 0 Å².